The van der Waals surface area contributed by atoms with E-state index < -0.39 is 4.92 Å². The average molecular weight is 260 g/mol. The minimum absolute atomic E-state index is 0.0523. The molecule has 0 saturated carbocycles. The number of nitrogens with one attached hydrogen (secondary N) is 1. The Labute approximate surface area is 109 Å². The molecule has 0 aliphatic rings. The third kappa shape index (κ3) is 3.15. The van der Waals surface area contributed by atoms with Gasteiger partial charge in [-0.2, -0.15) is 0 Å². The van der Waals surface area contributed by atoms with Crippen LogP contribution in [-0.4, -0.2) is 22.0 Å². The number of nitrogens with zero attached hydrogens (tertiary/aromatic N) is 3. The molecule has 0 saturated heterocycles. The maximum absolute atomic E-state index is 10.8. The molecule has 0 spiro atoms. The van der Waals surface area contributed by atoms with Crippen LogP contribution >= 0.6 is 0 Å². The van der Waals surface area contributed by atoms with Crippen molar-refractivity contribution in [3.63, 3.8) is 0 Å². The van der Waals surface area contributed by atoms with Crippen LogP contribution in [0.1, 0.15) is 5.56 Å². The Hall–Kier alpha value is -2.70. The Morgan fingerprint density at radius 2 is 2.21 bits per heavy atom. The average Bonchev–Trinajstić information content (AvgIpc) is 2.45. The first-order valence-electron chi connectivity index (χ1n) is 5.53. The molecule has 1 N–H and O–H groups in total. The van der Waals surface area contributed by atoms with Crippen molar-refractivity contribution < 1.29 is 9.66 Å². The van der Waals surface area contributed by atoms with Gasteiger partial charge < -0.3 is 10.1 Å². The van der Waals surface area contributed by atoms with Crippen molar-refractivity contribution in [2.45, 2.75) is 6.54 Å². The summed E-state index contributed by atoms with van der Waals surface area (Å²) in [5.41, 5.74) is 0.843. The highest BCUT2D eigenvalue weighted by Gasteiger charge is 2.13. The highest BCUT2D eigenvalue weighted by Crippen LogP contribution is 2.21. The summed E-state index contributed by atoms with van der Waals surface area (Å²) in [6, 6.07) is 6.48. The highest BCUT2D eigenvalue weighted by atomic mass is 16.6. The first kappa shape index (κ1) is 12.7. The monoisotopic (exact) mass is 260 g/mol. The molecule has 0 bridgehead atoms. The third-order valence-electron chi connectivity index (χ3n) is 2.45. The molecule has 7 nitrogen and oxygen atoms in total. The number of aromatic nitrogens is 2. The topological polar surface area (TPSA) is 90.2 Å². The minimum atomic E-state index is -0.470. The van der Waals surface area contributed by atoms with Crippen molar-refractivity contribution in [1.29, 1.82) is 0 Å². The van der Waals surface area contributed by atoms with Gasteiger partial charge in [-0.1, -0.05) is 0 Å². The lowest BCUT2D eigenvalue weighted by Gasteiger charge is -2.06. The first-order valence-corrected chi connectivity index (χ1v) is 5.53. The quantitative estimate of drug-likeness (QED) is 0.653. The van der Waals surface area contributed by atoms with Crippen LogP contribution in [0.15, 0.2) is 36.7 Å². The van der Waals surface area contributed by atoms with Crippen molar-refractivity contribution in [3.8, 4) is 5.88 Å². The molecule has 2 heterocycles. The van der Waals surface area contributed by atoms with Gasteiger partial charge in [0.2, 0.25) is 11.7 Å². The minimum Gasteiger partial charge on any atom is -0.481 e. The van der Waals surface area contributed by atoms with E-state index in [4.69, 9.17) is 4.74 Å². The number of hydrogen-bond donors (Lipinski definition) is 1. The normalized spacial score (nSPS) is 9.95. The van der Waals surface area contributed by atoms with E-state index in [1.807, 2.05) is 0 Å². The summed E-state index contributed by atoms with van der Waals surface area (Å²) in [5, 5.41) is 13.8. The summed E-state index contributed by atoms with van der Waals surface area (Å²) >= 11 is 0. The van der Waals surface area contributed by atoms with Crippen LogP contribution in [0.4, 0.5) is 11.5 Å². The molecule has 98 valence electrons. The van der Waals surface area contributed by atoms with Gasteiger partial charge in [0.05, 0.1) is 12.0 Å². The number of hydrogen-bond acceptors (Lipinski definition) is 6. The molecule has 2 rings (SSSR count). The van der Waals surface area contributed by atoms with Gasteiger partial charge in [0.25, 0.3) is 0 Å². The summed E-state index contributed by atoms with van der Waals surface area (Å²) in [6.07, 6.45) is 3.12. The largest absolute Gasteiger partial charge is 0.481 e. The third-order valence-corrected chi connectivity index (χ3v) is 2.45. The van der Waals surface area contributed by atoms with E-state index in [1.54, 1.807) is 18.3 Å². The molecule has 0 amide bonds. The second-order valence-corrected chi connectivity index (χ2v) is 3.69. The van der Waals surface area contributed by atoms with Crippen molar-refractivity contribution in [2.24, 2.45) is 0 Å². The lowest BCUT2D eigenvalue weighted by Crippen LogP contribution is -2.04. The van der Waals surface area contributed by atoms with E-state index >= 15 is 0 Å². The molecule has 0 atom stereocenters. The van der Waals surface area contributed by atoms with Crippen LogP contribution in [-0.2, 0) is 6.54 Å². The van der Waals surface area contributed by atoms with E-state index in [0.717, 1.165) is 5.56 Å². The van der Waals surface area contributed by atoms with Gasteiger partial charge in [0.15, 0.2) is 0 Å². The lowest BCUT2D eigenvalue weighted by atomic mass is 10.2. The number of anilines is 1. The van der Waals surface area contributed by atoms with Gasteiger partial charge >= 0.3 is 5.69 Å². The second kappa shape index (κ2) is 5.76. The zero-order valence-corrected chi connectivity index (χ0v) is 10.2. The van der Waals surface area contributed by atoms with Gasteiger partial charge in [-0.15, -0.1) is 0 Å². The Morgan fingerprint density at radius 1 is 1.37 bits per heavy atom. The van der Waals surface area contributed by atoms with Gasteiger partial charge in [0.1, 0.15) is 0 Å². The molecule has 0 aliphatic carbocycles. The molecule has 2 aromatic rings. The smallest absolute Gasteiger partial charge is 0.311 e. The number of nitro groups is 1. The van der Waals surface area contributed by atoms with Crippen LogP contribution in [0.5, 0.6) is 5.88 Å². The molecular weight excluding hydrogens is 248 g/mol. The van der Waals surface area contributed by atoms with E-state index in [0.29, 0.717) is 12.4 Å². The number of methoxy groups -OCH3 is 1. The van der Waals surface area contributed by atoms with Gasteiger partial charge in [-0.05, 0) is 17.7 Å². The SMILES string of the molecule is COc1cc(CNc2ncccc2[N+](=O)[O-])ccn1. The number of ether oxygens (including phenoxy) is 1. The Balaban J connectivity index is 2.12. The summed E-state index contributed by atoms with van der Waals surface area (Å²) in [6.45, 7) is 0.400. The molecule has 0 aliphatic heterocycles. The molecule has 0 aromatic carbocycles. The van der Waals surface area contributed by atoms with Crippen LogP contribution in [0.3, 0.4) is 0 Å². The van der Waals surface area contributed by atoms with E-state index in [9.17, 15) is 10.1 Å². The van der Waals surface area contributed by atoms with Crippen molar-refractivity contribution in [1.82, 2.24) is 9.97 Å². The fraction of sp³-hybridized carbons (Fsp3) is 0.167. The van der Waals surface area contributed by atoms with E-state index in [2.05, 4.69) is 15.3 Å². The molecule has 0 unspecified atom stereocenters. The summed E-state index contributed by atoms with van der Waals surface area (Å²) in [5.74, 6) is 0.734. The fourth-order valence-electron chi connectivity index (χ4n) is 1.54. The Morgan fingerprint density at radius 3 is 2.95 bits per heavy atom. The molecule has 0 fully saturated rings. The van der Waals surface area contributed by atoms with Gasteiger partial charge in [0, 0.05) is 31.1 Å². The number of rotatable bonds is 5. The van der Waals surface area contributed by atoms with Crippen molar-refractivity contribution >= 4 is 11.5 Å². The first-order chi connectivity index (χ1) is 9.20. The zero-order chi connectivity index (χ0) is 13.7. The van der Waals surface area contributed by atoms with Gasteiger partial charge in [-0.3, -0.25) is 10.1 Å². The van der Waals surface area contributed by atoms with Gasteiger partial charge in [-0.25, -0.2) is 9.97 Å². The zero-order valence-electron chi connectivity index (χ0n) is 10.2. The van der Waals surface area contributed by atoms with E-state index in [-0.39, 0.29) is 11.5 Å². The van der Waals surface area contributed by atoms with Crippen molar-refractivity contribution in [2.75, 3.05) is 12.4 Å². The molecule has 2 aromatic heterocycles. The molecule has 19 heavy (non-hydrogen) atoms. The molecule has 7 heteroatoms. The van der Waals surface area contributed by atoms with Crippen LogP contribution in [0.2, 0.25) is 0 Å². The van der Waals surface area contributed by atoms with Crippen molar-refractivity contribution in [3.05, 3.63) is 52.3 Å². The van der Waals surface area contributed by atoms with Crippen LogP contribution < -0.4 is 10.1 Å². The van der Waals surface area contributed by atoms with Crippen LogP contribution in [0, 0.1) is 10.1 Å². The fourth-order valence-corrected chi connectivity index (χ4v) is 1.54. The molecular formula is C12H12N4O3. The summed E-state index contributed by atoms with van der Waals surface area (Å²) in [7, 11) is 1.53. The predicted octanol–water partition coefficient (Wildman–Crippen LogP) is 2.01. The molecule has 0 radical (unpaired) electrons. The van der Waals surface area contributed by atoms with E-state index in [1.165, 1.54) is 25.4 Å². The lowest BCUT2D eigenvalue weighted by molar-refractivity contribution is -0.384. The maximum atomic E-state index is 10.8. The summed E-state index contributed by atoms with van der Waals surface area (Å²) in [4.78, 5) is 18.3. The standard InChI is InChI=1S/C12H12N4O3/c1-19-11-7-9(4-6-13-11)8-15-12-10(16(17)18)3-2-5-14-12/h2-7H,8H2,1H3,(H,14,15). The predicted molar refractivity (Wildman–Crippen MR) is 69.0 cm³/mol. The second-order valence-electron chi connectivity index (χ2n) is 3.69. The number of pyridine rings is 2. The van der Waals surface area contributed by atoms with Crippen LogP contribution in [0.25, 0.3) is 0 Å². The maximum Gasteiger partial charge on any atom is 0.311 e. The highest BCUT2D eigenvalue weighted by molar-refractivity contribution is 5.55. The Bertz CT molecular complexity index is 589. The Kier molecular flexibility index (Phi) is 3.87. The summed E-state index contributed by atoms with van der Waals surface area (Å²) < 4.78 is 5.01.